The Morgan fingerprint density at radius 1 is 1.00 bits per heavy atom. The van der Waals surface area contributed by atoms with Crippen molar-refractivity contribution in [1.29, 1.82) is 0 Å². The summed E-state index contributed by atoms with van der Waals surface area (Å²) in [6.45, 7) is 0.594. The van der Waals surface area contributed by atoms with Crippen LogP contribution in [-0.2, 0) is 0 Å². The number of hydrogen-bond donors (Lipinski definition) is 1. The molecule has 2 aromatic carbocycles. The summed E-state index contributed by atoms with van der Waals surface area (Å²) in [6, 6.07) is 18.4. The Balaban J connectivity index is 2.35. The first-order valence-electron chi connectivity index (χ1n) is 5.74. The average molecular weight is 227 g/mol. The van der Waals surface area contributed by atoms with E-state index in [0.29, 0.717) is 6.54 Å². The van der Waals surface area contributed by atoms with Crippen LogP contribution in [0.3, 0.4) is 0 Å². The SMILES string of the molecule is COc1cccc(C(CN)c2ccccc2)c1. The number of nitrogens with two attached hydrogens (primary N) is 1. The lowest BCUT2D eigenvalue weighted by atomic mass is 9.91. The van der Waals surface area contributed by atoms with Crippen molar-refractivity contribution in [2.75, 3.05) is 13.7 Å². The van der Waals surface area contributed by atoms with Gasteiger partial charge in [-0.05, 0) is 23.3 Å². The predicted octanol–water partition coefficient (Wildman–Crippen LogP) is 2.79. The third-order valence-electron chi connectivity index (χ3n) is 2.93. The molecule has 0 aromatic heterocycles. The van der Waals surface area contributed by atoms with E-state index in [2.05, 4.69) is 18.2 Å². The van der Waals surface area contributed by atoms with Crippen molar-refractivity contribution in [2.45, 2.75) is 5.92 Å². The van der Waals surface area contributed by atoms with Crippen molar-refractivity contribution < 1.29 is 4.74 Å². The van der Waals surface area contributed by atoms with Crippen molar-refractivity contribution in [3.05, 3.63) is 65.7 Å². The number of benzene rings is 2. The maximum Gasteiger partial charge on any atom is 0.119 e. The second kappa shape index (κ2) is 5.51. The summed E-state index contributed by atoms with van der Waals surface area (Å²) in [4.78, 5) is 0. The van der Waals surface area contributed by atoms with E-state index >= 15 is 0 Å². The van der Waals surface area contributed by atoms with Crippen LogP contribution in [0.2, 0.25) is 0 Å². The Labute approximate surface area is 102 Å². The summed E-state index contributed by atoms with van der Waals surface area (Å²) in [5, 5.41) is 0. The number of hydrogen-bond acceptors (Lipinski definition) is 2. The van der Waals surface area contributed by atoms with E-state index in [1.807, 2.05) is 36.4 Å². The van der Waals surface area contributed by atoms with E-state index in [4.69, 9.17) is 10.5 Å². The van der Waals surface area contributed by atoms with Gasteiger partial charge in [0.05, 0.1) is 7.11 Å². The largest absolute Gasteiger partial charge is 0.497 e. The van der Waals surface area contributed by atoms with Crippen molar-refractivity contribution in [1.82, 2.24) is 0 Å². The van der Waals surface area contributed by atoms with Crippen molar-refractivity contribution >= 4 is 0 Å². The lowest BCUT2D eigenvalue weighted by molar-refractivity contribution is 0.414. The van der Waals surface area contributed by atoms with E-state index in [-0.39, 0.29) is 5.92 Å². The highest BCUT2D eigenvalue weighted by Gasteiger charge is 2.12. The van der Waals surface area contributed by atoms with Crippen molar-refractivity contribution in [3.8, 4) is 5.75 Å². The lowest BCUT2D eigenvalue weighted by Crippen LogP contribution is -2.13. The second-order valence-corrected chi connectivity index (χ2v) is 3.98. The summed E-state index contributed by atoms with van der Waals surface area (Å²) in [5.41, 5.74) is 8.32. The van der Waals surface area contributed by atoms with Crippen LogP contribution in [0, 0.1) is 0 Å². The molecule has 0 amide bonds. The third kappa shape index (κ3) is 2.66. The molecule has 0 saturated carbocycles. The predicted molar refractivity (Wildman–Crippen MR) is 70.3 cm³/mol. The minimum Gasteiger partial charge on any atom is -0.497 e. The quantitative estimate of drug-likeness (QED) is 0.871. The summed E-state index contributed by atoms with van der Waals surface area (Å²) >= 11 is 0. The summed E-state index contributed by atoms with van der Waals surface area (Å²) in [7, 11) is 1.68. The van der Waals surface area contributed by atoms with Crippen LogP contribution in [-0.4, -0.2) is 13.7 Å². The molecule has 2 N–H and O–H groups in total. The highest BCUT2D eigenvalue weighted by Crippen LogP contribution is 2.26. The molecule has 0 aliphatic carbocycles. The topological polar surface area (TPSA) is 35.2 Å². The van der Waals surface area contributed by atoms with Crippen LogP contribution < -0.4 is 10.5 Å². The van der Waals surface area contributed by atoms with Gasteiger partial charge in [-0.15, -0.1) is 0 Å². The van der Waals surface area contributed by atoms with E-state index in [0.717, 1.165) is 5.75 Å². The fraction of sp³-hybridized carbons (Fsp3) is 0.200. The highest BCUT2D eigenvalue weighted by molar-refractivity contribution is 5.37. The van der Waals surface area contributed by atoms with Gasteiger partial charge in [0.25, 0.3) is 0 Å². The molecule has 1 atom stereocenters. The van der Waals surface area contributed by atoms with Crippen LogP contribution in [0.4, 0.5) is 0 Å². The molecular formula is C15H17NO. The molecule has 2 heteroatoms. The monoisotopic (exact) mass is 227 g/mol. The molecule has 2 aromatic rings. The maximum absolute atomic E-state index is 5.89. The van der Waals surface area contributed by atoms with Crippen LogP contribution in [0.25, 0.3) is 0 Å². The summed E-state index contributed by atoms with van der Waals surface area (Å²) in [5.74, 6) is 1.10. The zero-order valence-electron chi connectivity index (χ0n) is 9.97. The highest BCUT2D eigenvalue weighted by atomic mass is 16.5. The van der Waals surface area contributed by atoms with Gasteiger partial charge < -0.3 is 10.5 Å². The fourth-order valence-corrected chi connectivity index (χ4v) is 2.01. The number of ether oxygens (including phenoxy) is 1. The Hall–Kier alpha value is -1.80. The minimum absolute atomic E-state index is 0.228. The van der Waals surface area contributed by atoms with E-state index in [1.54, 1.807) is 7.11 Å². The van der Waals surface area contributed by atoms with Gasteiger partial charge in [-0.2, -0.15) is 0 Å². The molecule has 0 aliphatic heterocycles. The lowest BCUT2D eigenvalue weighted by Gasteiger charge is -2.16. The summed E-state index contributed by atoms with van der Waals surface area (Å²) < 4.78 is 5.24. The molecule has 0 spiro atoms. The van der Waals surface area contributed by atoms with E-state index < -0.39 is 0 Å². The Kier molecular flexibility index (Phi) is 3.78. The van der Waals surface area contributed by atoms with Crippen molar-refractivity contribution in [2.24, 2.45) is 5.73 Å². The van der Waals surface area contributed by atoms with Crippen LogP contribution >= 0.6 is 0 Å². The number of methoxy groups -OCH3 is 1. The molecule has 0 heterocycles. The first-order valence-corrected chi connectivity index (χ1v) is 5.74. The van der Waals surface area contributed by atoms with Gasteiger partial charge in [0.2, 0.25) is 0 Å². The molecule has 0 saturated heterocycles. The summed E-state index contributed by atoms with van der Waals surface area (Å²) in [6.07, 6.45) is 0. The van der Waals surface area contributed by atoms with Crippen LogP contribution in [0.15, 0.2) is 54.6 Å². The standard InChI is InChI=1S/C15H17NO/c1-17-14-9-5-8-13(10-14)15(11-16)12-6-3-2-4-7-12/h2-10,15H,11,16H2,1H3. The zero-order chi connectivity index (χ0) is 12.1. The zero-order valence-corrected chi connectivity index (χ0v) is 9.97. The normalized spacial score (nSPS) is 12.1. The van der Waals surface area contributed by atoms with Gasteiger partial charge in [0.1, 0.15) is 5.75 Å². The van der Waals surface area contributed by atoms with E-state index in [9.17, 15) is 0 Å². The molecule has 2 rings (SSSR count). The van der Waals surface area contributed by atoms with Gasteiger partial charge in [-0.3, -0.25) is 0 Å². The van der Waals surface area contributed by atoms with E-state index in [1.165, 1.54) is 11.1 Å². The van der Waals surface area contributed by atoms with Gasteiger partial charge >= 0.3 is 0 Å². The second-order valence-electron chi connectivity index (χ2n) is 3.98. The van der Waals surface area contributed by atoms with Crippen molar-refractivity contribution in [3.63, 3.8) is 0 Å². The van der Waals surface area contributed by atoms with Gasteiger partial charge in [-0.25, -0.2) is 0 Å². The first-order chi connectivity index (χ1) is 8.35. The molecule has 1 unspecified atom stereocenters. The molecule has 0 bridgehead atoms. The maximum atomic E-state index is 5.89. The Morgan fingerprint density at radius 2 is 1.71 bits per heavy atom. The van der Waals surface area contributed by atoms with Crippen LogP contribution in [0.5, 0.6) is 5.75 Å². The molecule has 0 radical (unpaired) electrons. The fourth-order valence-electron chi connectivity index (χ4n) is 2.01. The van der Waals surface area contributed by atoms with Crippen LogP contribution in [0.1, 0.15) is 17.0 Å². The van der Waals surface area contributed by atoms with Gasteiger partial charge in [-0.1, -0.05) is 42.5 Å². The van der Waals surface area contributed by atoms with Gasteiger partial charge in [0.15, 0.2) is 0 Å². The molecule has 17 heavy (non-hydrogen) atoms. The molecule has 0 aliphatic rings. The minimum atomic E-state index is 0.228. The molecular weight excluding hydrogens is 210 g/mol. The average Bonchev–Trinajstić information content (AvgIpc) is 2.41. The number of rotatable bonds is 4. The third-order valence-corrected chi connectivity index (χ3v) is 2.93. The Bertz CT molecular complexity index is 467. The Morgan fingerprint density at radius 3 is 2.35 bits per heavy atom. The first kappa shape index (κ1) is 11.7. The molecule has 0 fully saturated rings. The molecule has 2 nitrogen and oxygen atoms in total. The van der Waals surface area contributed by atoms with Gasteiger partial charge in [0, 0.05) is 12.5 Å². The molecule has 88 valence electrons. The smallest absolute Gasteiger partial charge is 0.119 e.